The molecule has 0 aromatic heterocycles. The number of hydrogen-bond acceptors (Lipinski definition) is 2. The van der Waals surface area contributed by atoms with E-state index in [0.717, 1.165) is 24.0 Å². The van der Waals surface area contributed by atoms with Gasteiger partial charge < -0.3 is 5.11 Å². The van der Waals surface area contributed by atoms with E-state index in [1.165, 1.54) is 121 Å². The molecule has 1 atom stereocenters. The number of aliphatic imine (C=N–C) groups is 1. The lowest BCUT2D eigenvalue weighted by atomic mass is 10.0. The van der Waals surface area contributed by atoms with Crippen LogP contribution >= 0.6 is 0 Å². The Morgan fingerprint density at radius 3 is 1.57 bits per heavy atom. The average Bonchev–Trinajstić information content (AvgIpc) is 3.14. The van der Waals surface area contributed by atoms with E-state index in [1.54, 1.807) is 0 Å². The van der Waals surface area contributed by atoms with E-state index in [4.69, 9.17) is 0 Å². The third kappa shape index (κ3) is 12.2. The van der Waals surface area contributed by atoms with Crippen molar-refractivity contribution >= 4 is 5.84 Å². The van der Waals surface area contributed by atoms with Gasteiger partial charge in [0, 0.05) is 6.42 Å². The van der Waals surface area contributed by atoms with Crippen LogP contribution in [0.2, 0.25) is 0 Å². The van der Waals surface area contributed by atoms with Gasteiger partial charge in [-0.25, -0.2) is 9.48 Å². The number of aliphatic hydroxyl groups excluding tert-OH is 1. The Hall–Kier alpha value is -0.670. The molecule has 1 heterocycles. The number of amidine groups is 1. The van der Waals surface area contributed by atoms with Crippen molar-refractivity contribution in [1.29, 1.82) is 0 Å². The van der Waals surface area contributed by atoms with Gasteiger partial charge in [-0.1, -0.05) is 117 Å². The Morgan fingerprint density at radius 1 is 0.633 bits per heavy atom. The number of aliphatic hydroxyl groups is 1. The van der Waals surface area contributed by atoms with Gasteiger partial charge in [-0.15, -0.1) is 0 Å². The van der Waals surface area contributed by atoms with Crippen LogP contribution in [0.25, 0.3) is 0 Å². The Labute approximate surface area is 188 Å². The maximum atomic E-state index is 9.52. The number of unbranched alkanes of at least 4 members (excludes halogenated alkanes) is 16. The molecule has 1 aliphatic rings. The second-order valence-electron chi connectivity index (χ2n) is 9.46. The first-order chi connectivity index (χ1) is 14.8. The van der Waals surface area contributed by atoms with Crippen LogP contribution in [0.4, 0.5) is 0 Å². The smallest absolute Gasteiger partial charge is 0.207 e. The van der Waals surface area contributed by atoms with E-state index in [1.807, 2.05) is 6.20 Å². The molecule has 0 fully saturated rings. The van der Waals surface area contributed by atoms with Crippen LogP contribution < -0.4 is 0 Å². The van der Waals surface area contributed by atoms with Gasteiger partial charge in [0.05, 0.1) is 19.4 Å². The van der Waals surface area contributed by atoms with Crippen molar-refractivity contribution in [3.8, 4) is 0 Å². The van der Waals surface area contributed by atoms with E-state index in [2.05, 4.69) is 25.0 Å². The summed E-state index contributed by atoms with van der Waals surface area (Å²) in [5, 5.41) is 9.52. The molecule has 0 bridgehead atoms. The highest BCUT2D eigenvalue weighted by Crippen LogP contribution is 2.22. The summed E-state index contributed by atoms with van der Waals surface area (Å²) in [6.45, 7) is 6.65. The largest absolute Gasteiger partial charge is 0.390 e. The molecule has 0 aromatic carbocycles. The van der Waals surface area contributed by atoms with E-state index in [9.17, 15) is 5.11 Å². The molecule has 3 heteroatoms. The molecule has 176 valence electrons. The van der Waals surface area contributed by atoms with Gasteiger partial charge >= 0.3 is 0 Å². The summed E-state index contributed by atoms with van der Waals surface area (Å²) in [6.07, 6.45) is 30.2. The molecule has 1 aliphatic heterocycles. The number of quaternary nitrogens is 1. The minimum Gasteiger partial charge on any atom is -0.390 e. The van der Waals surface area contributed by atoms with Crippen molar-refractivity contribution in [1.82, 2.24) is 0 Å². The molecule has 0 aromatic rings. The predicted molar refractivity (Wildman–Crippen MR) is 133 cm³/mol. The van der Waals surface area contributed by atoms with Gasteiger partial charge in [-0.3, -0.25) is 0 Å². The number of rotatable bonds is 22. The van der Waals surface area contributed by atoms with Crippen molar-refractivity contribution in [3.05, 3.63) is 12.4 Å². The summed E-state index contributed by atoms with van der Waals surface area (Å²) in [7, 11) is 0. The highest BCUT2D eigenvalue weighted by atomic mass is 16.3. The summed E-state index contributed by atoms with van der Waals surface area (Å²) in [6, 6.07) is 0. The summed E-state index contributed by atoms with van der Waals surface area (Å²) in [4.78, 5) is 4.67. The SMILES string of the molecule is CCCCCCCCCCCCCCCCCCC1=NC=C[N+]1(CCO)CCCC. The van der Waals surface area contributed by atoms with Gasteiger partial charge in [-0.05, 0) is 12.8 Å². The van der Waals surface area contributed by atoms with Gasteiger partial charge in [-0.2, -0.15) is 0 Å². The molecule has 1 unspecified atom stereocenters. The van der Waals surface area contributed by atoms with E-state index in [-0.39, 0.29) is 6.61 Å². The maximum Gasteiger partial charge on any atom is 0.207 e. The third-order valence-corrected chi connectivity index (χ3v) is 6.75. The topological polar surface area (TPSA) is 32.6 Å². The molecule has 0 amide bonds. The summed E-state index contributed by atoms with van der Waals surface area (Å²) in [5.41, 5.74) is 0. The minimum atomic E-state index is 0.242. The molecule has 0 saturated heterocycles. The quantitative estimate of drug-likeness (QED) is 0.139. The Bertz CT molecular complexity index is 446. The molecule has 0 aliphatic carbocycles. The maximum absolute atomic E-state index is 9.52. The van der Waals surface area contributed by atoms with Crippen LogP contribution in [0.5, 0.6) is 0 Å². The average molecular weight is 422 g/mol. The van der Waals surface area contributed by atoms with Gasteiger partial charge in [0.25, 0.3) is 0 Å². The normalized spacial score (nSPS) is 18.3. The molecule has 0 radical (unpaired) electrons. The van der Waals surface area contributed by atoms with Crippen LogP contribution in [-0.4, -0.2) is 35.1 Å². The summed E-state index contributed by atoms with van der Waals surface area (Å²) >= 11 is 0. The zero-order valence-electron chi connectivity index (χ0n) is 20.6. The predicted octanol–water partition coefficient (Wildman–Crippen LogP) is 8.13. The van der Waals surface area contributed by atoms with E-state index < -0.39 is 0 Å². The lowest BCUT2D eigenvalue weighted by Gasteiger charge is -2.32. The van der Waals surface area contributed by atoms with Crippen LogP contribution in [0.1, 0.15) is 136 Å². The first-order valence-electron chi connectivity index (χ1n) is 13.5. The second kappa shape index (κ2) is 19.0. The van der Waals surface area contributed by atoms with Crippen molar-refractivity contribution in [2.45, 2.75) is 136 Å². The van der Waals surface area contributed by atoms with Gasteiger partial charge in [0.15, 0.2) is 0 Å². The highest BCUT2D eigenvalue weighted by Gasteiger charge is 2.33. The van der Waals surface area contributed by atoms with Crippen LogP contribution in [0.15, 0.2) is 17.4 Å². The minimum absolute atomic E-state index is 0.242. The molecular formula is C27H53N2O+. The monoisotopic (exact) mass is 421 g/mol. The lowest BCUT2D eigenvalue weighted by molar-refractivity contribution is -0.788. The first kappa shape index (κ1) is 27.4. The van der Waals surface area contributed by atoms with Gasteiger partial charge in [0.2, 0.25) is 5.84 Å². The number of nitrogens with zero attached hydrogens (tertiary/aromatic N) is 2. The summed E-state index contributed by atoms with van der Waals surface area (Å²) in [5.74, 6) is 1.28. The van der Waals surface area contributed by atoms with Crippen molar-refractivity contribution in [2.24, 2.45) is 4.99 Å². The van der Waals surface area contributed by atoms with Gasteiger partial charge in [0.1, 0.15) is 12.7 Å². The van der Waals surface area contributed by atoms with Crippen molar-refractivity contribution in [3.63, 3.8) is 0 Å². The van der Waals surface area contributed by atoms with Crippen LogP contribution in [0, 0.1) is 0 Å². The van der Waals surface area contributed by atoms with E-state index in [0.29, 0.717) is 0 Å². The standard InChI is InChI=1S/C27H53N2O/c1-3-5-7-8-9-10-11-12-13-14-15-16-17-18-19-20-21-27-28-22-24-29(27,25-26-30)23-6-4-2/h22,24,30H,3-21,23,25-26H2,1-2H3/q+1. The van der Waals surface area contributed by atoms with Crippen LogP contribution in [0.3, 0.4) is 0 Å². The lowest BCUT2D eigenvalue weighted by Crippen LogP contribution is -2.49. The third-order valence-electron chi connectivity index (χ3n) is 6.75. The molecule has 0 saturated carbocycles. The van der Waals surface area contributed by atoms with Crippen LogP contribution in [-0.2, 0) is 0 Å². The first-order valence-corrected chi connectivity index (χ1v) is 13.5. The van der Waals surface area contributed by atoms with Crippen molar-refractivity contribution in [2.75, 3.05) is 19.7 Å². The highest BCUT2D eigenvalue weighted by molar-refractivity contribution is 5.78. The zero-order chi connectivity index (χ0) is 21.8. The molecule has 3 nitrogen and oxygen atoms in total. The summed E-state index contributed by atoms with van der Waals surface area (Å²) < 4.78 is 0.809. The molecule has 30 heavy (non-hydrogen) atoms. The number of hydrogen-bond donors (Lipinski definition) is 1. The molecule has 1 rings (SSSR count). The molecule has 1 N–H and O–H groups in total. The fourth-order valence-electron chi connectivity index (χ4n) is 4.70. The fourth-order valence-corrected chi connectivity index (χ4v) is 4.70. The molecular weight excluding hydrogens is 368 g/mol. The van der Waals surface area contributed by atoms with E-state index >= 15 is 0 Å². The zero-order valence-corrected chi connectivity index (χ0v) is 20.6. The Kier molecular flexibility index (Phi) is 17.4. The fraction of sp³-hybridized carbons (Fsp3) is 0.889. The second-order valence-corrected chi connectivity index (χ2v) is 9.46. The van der Waals surface area contributed by atoms with Crippen molar-refractivity contribution < 1.29 is 9.59 Å². The Morgan fingerprint density at radius 2 is 1.10 bits per heavy atom. The Balaban J connectivity index is 1.94. The molecule has 0 spiro atoms.